The Kier molecular flexibility index (Phi) is 5.10. The number of fused-ring (bicyclic) bond motifs is 3. The van der Waals surface area contributed by atoms with Crippen LogP contribution in [0.5, 0.6) is 0 Å². The van der Waals surface area contributed by atoms with Crippen molar-refractivity contribution in [3.05, 3.63) is 35.9 Å². The molecule has 0 radical (unpaired) electrons. The summed E-state index contributed by atoms with van der Waals surface area (Å²) in [6.45, 7) is 4.57. The quantitative estimate of drug-likeness (QED) is 0.559. The van der Waals surface area contributed by atoms with Crippen molar-refractivity contribution in [3.63, 3.8) is 0 Å². The number of methoxy groups -OCH3 is 1. The van der Waals surface area contributed by atoms with Crippen molar-refractivity contribution in [2.45, 2.75) is 78.1 Å². The Morgan fingerprint density at radius 1 is 1.03 bits per heavy atom. The summed E-state index contributed by atoms with van der Waals surface area (Å²) < 4.78 is 5.29. The minimum Gasteiger partial charge on any atom is -0.469 e. The highest BCUT2D eigenvalue weighted by Gasteiger charge is 2.68. The van der Waals surface area contributed by atoms with Gasteiger partial charge < -0.3 is 4.74 Å². The summed E-state index contributed by atoms with van der Waals surface area (Å²) in [5, 5.41) is 0. The molecule has 0 aromatic heterocycles. The lowest BCUT2D eigenvalue weighted by atomic mass is 9.41. The van der Waals surface area contributed by atoms with Crippen LogP contribution in [-0.2, 0) is 20.7 Å². The van der Waals surface area contributed by atoms with Crippen molar-refractivity contribution in [1.82, 2.24) is 0 Å². The number of ketones is 1. The molecule has 0 saturated heterocycles. The zero-order valence-corrected chi connectivity index (χ0v) is 19.5. The fraction of sp³-hybridized carbons (Fsp3) is 0.714. The molecule has 4 aliphatic carbocycles. The van der Waals surface area contributed by atoms with Crippen molar-refractivity contribution >= 4 is 11.8 Å². The SMILES string of the molecule is COC(=O)[C@]1(C)CCC[C@@]2(C)[C@@H]3CC[C@@H]4C[C@@]3(CC[C@@H]21)C(=O)[C@H]4CCc1ccccc1. The summed E-state index contributed by atoms with van der Waals surface area (Å²) in [6.07, 6.45) is 10.6. The van der Waals surface area contributed by atoms with Crippen LogP contribution in [0.1, 0.15) is 77.2 Å². The molecule has 1 aromatic carbocycles. The number of carbonyl (C=O) groups is 2. The molecule has 0 amide bonds. The van der Waals surface area contributed by atoms with Gasteiger partial charge in [0.05, 0.1) is 12.5 Å². The third kappa shape index (κ3) is 2.98. The number of hydrogen-bond donors (Lipinski definition) is 0. The van der Waals surface area contributed by atoms with Gasteiger partial charge in [0.2, 0.25) is 0 Å². The maximum atomic E-state index is 14.0. The van der Waals surface area contributed by atoms with Gasteiger partial charge in [0, 0.05) is 11.3 Å². The number of rotatable bonds is 4. The largest absolute Gasteiger partial charge is 0.469 e. The van der Waals surface area contributed by atoms with E-state index in [1.165, 1.54) is 25.5 Å². The Hall–Kier alpha value is -1.64. The van der Waals surface area contributed by atoms with E-state index in [1.807, 2.05) is 0 Å². The molecule has 5 rings (SSSR count). The van der Waals surface area contributed by atoms with Crippen LogP contribution in [0.3, 0.4) is 0 Å². The van der Waals surface area contributed by atoms with Gasteiger partial charge in [-0.1, -0.05) is 43.7 Å². The van der Waals surface area contributed by atoms with Crippen LogP contribution >= 0.6 is 0 Å². The molecular weight excluding hydrogens is 384 g/mol. The summed E-state index contributed by atoms with van der Waals surface area (Å²) in [4.78, 5) is 26.9. The number of benzene rings is 1. The summed E-state index contributed by atoms with van der Waals surface area (Å²) in [6, 6.07) is 10.6. The van der Waals surface area contributed by atoms with Gasteiger partial charge in [-0.15, -0.1) is 0 Å². The molecular formula is C28H38O3. The molecule has 3 nitrogen and oxygen atoms in total. The number of ether oxygens (including phenoxy) is 1. The van der Waals surface area contributed by atoms with E-state index in [4.69, 9.17) is 4.74 Å². The normalized spacial score (nSPS) is 43.8. The second kappa shape index (κ2) is 7.46. The van der Waals surface area contributed by atoms with Gasteiger partial charge in [-0.2, -0.15) is 0 Å². The second-order valence-electron chi connectivity index (χ2n) is 11.6. The fourth-order valence-corrected chi connectivity index (χ4v) is 9.12. The third-order valence-electron chi connectivity index (χ3n) is 10.4. The predicted molar refractivity (Wildman–Crippen MR) is 121 cm³/mol. The van der Waals surface area contributed by atoms with Crippen molar-refractivity contribution in [1.29, 1.82) is 0 Å². The molecule has 0 unspecified atom stereocenters. The highest BCUT2D eigenvalue weighted by atomic mass is 16.5. The first kappa shape index (κ1) is 21.2. The van der Waals surface area contributed by atoms with E-state index >= 15 is 0 Å². The van der Waals surface area contributed by atoms with Crippen molar-refractivity contribution in [2.24, 2.45) is 39.9 Å². The van der Waals surface area contributed by atoms with Crippen LogP contribution in [0.25, 0.3) is 0 Å². The van der Waals surface area contributed by atoms with Crippen LogP contribution in [0, 0.1) is 39.9 Å². The lowest BCUT2D eigenvalue weighted by molar-refractivity contribution is -0.185. The van der Waals surface area contributed by atoms with Crippen molar-refractivity contribution in [2.75, 3.05) is 7.11 Å². The molecule has 168 valence electrons. The van der Waals surface area contributed by atoms with Gasteiger partial charge in [0.15, 0.2) is 0 Å². The van der Waals surface area contributed by atoms with Gasteiger partial charge in [-0.3, -0.25) is 9.59 Å². The van der Waals surface area contributed by atoms with E-state index in [2.05, 4.69) is 44.2 Å². The predicted octanol–water partition coefficient (Wildman–Crippen LogP) is 6.00. The average molecular weight is 423 g/mol. The Labute approximate surface area is 187 Å². The zero-order chi connectivity index (χ0) is 21.9. The topological polar surface area (TPSA) is 43.4 Å². The van der Waals surface area contributed by atoms with E-state index < -0.39 is 5.41 Å². The van der Waals surface area contributed by atoms with Crippen molar-refractivity contribution in [3.8, 4) is 0 Å². The highest BCUT2D eigenvalue weighted by Crippen LogP contribution is 2.71. The average Bonchev–Trinajstić information content (AvgIpc) is 2.97. The first-order valence-corrected chi connectivity index (χ1v) is 12.5. The first-order valence-electron chi connectivity index (χ1n) is 12.5. The summed E-state index contributed by atoms with van der Waals surface area (Å²) >= 11 is 0. The van der Waals surface area contributed by atoms with Crippen LogP contribution < -0.4 is 0 Å². The molecule has 4 saturated carbocycles. The van der Waals surface area contributed by atoms with E-state index in [0.717, 1.165) is 51.4 Å². The number of carbonyl (C=O) groups excluding carboxylic acids is 2. The number of aryl methyl sites for hydroxylation is 1. The molecule has 4 aliphatic rings. The number of esters is 1. The molecule has 0 aliphatic heterocycles. The molecule has 7 atom stereocenters. The van der Waals surface area contributed by atoms with E-state index in [1.54, 1.807) is 0 Å². The summed E-state index contributed by atoms with van der Waals surface area (Å²) in [5.41, 5.74) is 0.912. The maximum absolute atomic E-state index is 14.0. The lowest BCUT2D eigenvalue weighted by Gasteiger charge is -2.62. The van der Waals surface area contributed by atoms with Gasteiger partial charge >= 0.3 is 5.97 Å². The van der Waals surface area contributed by atoms with E-state index in [-0.39, 0.29) is 22.7 Å². The standard InChI is InChI=1S/C28H38O3/c1-26-15-7-16-27(2,25(30)31-3)22(26)14-17-28-18-20(11-13-23(26)28)21(24(28)29)12-10-19-8-5-4-6-9-19/h4-6,8-9,20-23H,7,10-18H2,1-3H3/t20-,21+,22+,23+,26-,27-,28-/m1/s1. The molecule has 2 bridgehead atoms. The van der Waals surface area contributed by atoms with Crippen LogP contribution in [0.2, 0.25) is 0 Å². The molecule has 3 heteroatoms. The van der Waals surface area contributed by atoms with Gasteiger partial charge in [-0.05, 0) is 93.4 Å². The van der Waals surface area contributed by atoms with Gasteiger partial charge in [-0.25, -0.2) is 0 Å². The monoisotopic (exact) mass is 422 g/mol. The molecule has 31 heavy (non-hydrogen) atoms. The second-order valence-corrected chi connectivity index (χ2v) is 11.6. The Bertz CT molecular complexity index is 862. The van der Waals surface area contributed by atoms with Crippen LogP contribution in [-0.4, -0.2) is 18.9 Å². The summed E-state index contributed by atoms with van der Waals surface area (Å²) in [7, 11) is 1.53. The molecule has 0 N–H and O–H groups in total. The van der Waals surface area contributed by atoms with Crippen LogP contribution in [0.4, 0.5) is 0 Å². The highest BCUT2D eigenvalue weighted by molar-refractivity contribution is 5.90. The molecule has 1 spiro atoms. The maximum Gasteiger partial charge on any atom is 0.311 e. The summed E-state index contributed by atoms with van der Waals surface area (Å²) in [5.74, 6) is 2.13. The third-order valence-corrected chi connectivity index (χ3v) is 10.4. The van der Waals surface area contributed by atoms with E-state index in [0.29, 0.717) is 23.5 Å². The number of hydrogen-bond acceptors (Lipinski definition) is 3. The van der Waals surface area contributed by atoms with Gasteiger partial charge in [0.25, 0.3) is 0 Å². The zero-order valence-electron chi connectivity index (χ0n) is 19.5. The van der Waals surface area contributed by atoms with Gasteiger partial charge in [0.1, 0.15) is 5.78 Å². The van der Waals surface area contributed by atoms with Crippen LogP contribution in [0.15, 0.2) is 30.3 Å². The Morgan fingerprint density at radius 2 is 1.81 bits per heavy atom. The molecule has 1 aromatic rings. The molecule has 0 heterocycles. The minimum atomic E-state index is -0.394. The first-order chi connectivity index (χ1) is 14.8. The Morgan fingerprint density at radius 3 is 2.55 bits per heavy atom. The Balaban J connectivity index is 1.41. The minimum absolute atomic E-state index is 0.0356. The fourth-order valence-electron chi connectivity index (χ4n) is 9.12. The molecule has 4 fully saturated rings. The smallest absolute Gasteiger partial charge is 0.311 e. The number of Topliss-reactive ketones (excluding diaryl/α,β-unsaturated/α-hetero) is 1. The van der Waals surface area contributed by atoms with Crippen molar-refractivity contribution < 1.29 is 14.3 Å². The lowest BCUT2D eigenvalue weighted by Crippen LogP contribution is -2.59. The van der Waals surface area contributed by atoms with E-state index in [9.17, 15) is 9.59 Å².